The number of carbonyl (C=O) groups excluding carboxylic acids is 4. The number of rotatable bonds is 13. The third-order valence-corrected chi connectivity index (χ3v) is 7.99. The molecule has 3 aromatic rings. The molecule has 2 aromatic carbocycles. The molecule has 1 saturated carbocycles. The number of piperidine rings is 1. The molecule has 1 unspecified atom stereocenters. The Hall–Kier alpha value is -5.72. The first-order chi connectivity index (χ1) is 24.2. The van der Waals surface area contributed by atoms with Gasteiger partial charge in [-0.15, -0.1) is 0 Å². The van der Waals surface area contributed by atoms with Gasteiger partial charge >= 0.3 is 30.0 Å². The standard InChI is InChI=1S/C31H31ClF3N9O7/c32-18-5-3-17(4-6-18)30(10-11-30)44-28-41-27(42-29(43-28)51-15-31(33,34)35)39-19-7-1-16(2-8-19)23(46)40-21(26(49)50)14-37-24(47)25(48)38-20-9-12-36-22(45)13-20/h1-8,20-21H,9-15H2,(H,36,45)(H,37,47)(H,38,48)(H,40,46)(H,49,50)(H2,39,41,42,43,44)/t20?,21-/m0/s1. The zero-order chi connectivity index (χ0) is 36.8. The molecule has 0 bridgehead atoms. The number of alkyl halides is 3. The van der Waals surface area contributed by atoms with Crippen LogP contribution in [0, 0.1) is 0 Å². The van der Waals surface area contributed by atoms with Crippen LogP contribution in [0.25, 0.3) is 0 Å². The van der Waals surface area contributed by atoms with Crippen molar-refractivity contribution in [3.63, 3.8) is 0 Å². The second-order valence-electron chi connectivity index (χ2n) is 11.7. The number of anilines is 3. The van der Waals surface area contributed by atoms with Crippen molar-refractivity contribution in [2.75, 3.05) is 30.3 Å². The van der Waals surface area contributed by atoms with Crippen molar-refractivity contribution >= 4 is 58.8 Å². The van der Waals surface area contributed by atoms with Crippen LogP contribution in [0.15, 0.2) is 48.5 Å². The van der Waals surface area contributed by atoms with Gasteiger partial charge in [0, 0.05) is 41.8 Å². The smallest absolute Gasteiger partial charge is 0.422 e. The topological polar surface area (TPSA) is 226 Å². The Labute approximate surface area is 292 Å². The van der Waals surface area contributed by atoms with E-state index in [0.717, 1.165) is 5.56 Å². The van der Waals surface area contributed by atoms with Crippen molar-refractivity contribution in [1.82, 2.24) is 36.2 Å². The summed E-state index contributed by atoms with van der Waals surface area (Å²) in [4.78, 5) is 72.7. The third kappa shape index (κ3) is 10.4. The second-order valence-corrected chi connectivity index (χ2v) is 12.1. The summed E-state index contributed by atoms with van der Waals surface area (Å²) in [5, 5.41) is 25.5. The molecule has 1 aliphatic carbocycles. The average Bonchev–Trinajstić information content (AvgIpc) is 3.85. The number of carboxylic acids is 1. The Morgan fingerprint density at radius 1 is 1.00 bits per heavy atom. The first kappa shape index (κ1) is 36.6. The predicted molar refractivity (Wildman–Crippen MR) is 173 cm³/mol. The Bertz CT molecular complexity index is 1790. The van der Waals surface area contributed by atoms with Gasteiger partial charge in [-0.25, -0.2) is 4.79 Å². The molecule has 4 amide bonds. The molecule has 1 saturated heterocycles. The number of carbonyl (C=O) groups is 5. The highest BCUT2D eigenvalue weighted by atomic mass is 35.5. The van der Waals surface area contributed by atoms with Crippen molar-refractivity contribution in [1.29, 1.82) is 0 Å². The summed E-state index contributed by atoms with van der Waals surface area (Å²) in [5.74, 6) is -5.02. The molecule has 270 valence electrons. The highest BCUT2D eigenvalue weighted by molar-refractivity contribution is 6.35. The van der Waals surface area contributed by atoms with Crippen LogP contribution in [0.4, 0.5) is 30.8 Å². The molecular weight excluding hydrogens is 703 g/mol. The monoisotopic (exact) mass is 733 g/mol. The number of amides is 4. The van der Waals surface area contributed by atoms with Crippen molar-refractivity contribution in [3.05, 3.63) is 64.7 Å². The van der Waals surface area contributed by atoms with E-state index in [1.165, 1.54) is 24.3 Å². The largest absolute Gasteiger partial charge is 0.480 e. The minimum atomic E-state index is -4.65. The zero-order valence-electron chi connectivity index (χ0n) is 26.5. The molecule has 1 aromatic heterocycles. The first-order valence-electron chi connectivity index (χ1n) is 15.4. The molecule has 2 fully saturated rings. The maximum atomic E-state index is 12.9. The number of carboxylic acid groups (broad SMARTS) is 1. The van der Waals surface area contributed by atoms with Crippen LogP contribution in [0.2, 0.25) is 5.02 Å². The van der Waals surface area contributed by atoms with Crippen molar-refractivity contribution in [2.45, 2.75) is 49.5 Å². The van der Waals surface area contributed by atoms with Gasteiger partial charge < -0.3 is 41.7 Å². The molecule has 2 aliphatic rings. The van der Waals surface area contributed by atoms with Crippen molar-refractivity contribution < 1.29 is 47.0 Å². The highest BCUT2D eigenvalue weighted by Crippen LogP contribution is 2.48. The van der Waals surface area contributed by atoms with Crippen LogP contribution in [0.1, 0.15) is 41.6 Å². The Balaban J connectivity index is 1.21. The molecule has 1 aliphatic heterocycles. The number of nitrogens with zero attached hydrogens (tertiary/aromatic N) is 3. The number of nitrogens with one attached hydrogen (secondary N) is 6. The number of halogens is 4. The molecule has 5 rings (SSSR count). The lowest BCUT2D eigenvalue weighted by molar-refractivity contribution is -0.154. The van der Waals surface area contributed by atoms with Crippen LogP contribution < -0.4 is 36.6 Å². The number of hydrogen-bond acceptors (Lipinski definition) is 11. The molecule has 2 atom stereocenters. The fourth-order valence-electron chi connectivity index (χ4n) is 4.98. The summed E-state index contributed by atoms with van der Waals surface area (Å²) < 4.78 is 43.5. The summed E-state index contributed by atoms with van der Waals surface area (Å²) in [6.07, 6.45) is -2.85. The van der Waals surface area contributed by atoms with E-state index in [-0.39, 0.29) is 29.8 Å². The van der Waals surface area contributed by atoms with E-state index in [2.05, 4.69) is 46.9 Å². The second kappa shape index (κ2) is 15.4. The van der Waals surface area contributed by atoms with Crippen LogP contribution in [0.5, 0.6) is 6.01 Å². The molecular formula is C31H31ClF3N9O7. The van der Waals surface area contributed by atoms with E-state index < -0.39 is 66.7 Å². The zero-order valence-corrected chi connectivity index (χ0v) is 27.2. The molecule has 16 nitrogen and oxygen atoms in total. The first-order valence-corrected chi connectivity index (χ1v) is 15.8. The van der Waals surface area contributed by atoms with E-state index in [9.17, 15) is 42.3 Å². The molecule has 20 heteroatoms. The normalized spacial score (nSPS) is 16.9. The molecule has 2 heterocycles. The number of aromatic nitrogens is 3. The predicted octanol–water partition coefficient (Wildman–Crippen LogP) is 2.00. The van der Waals surface area contributed by atoms with E-state index in [4.69, 9.17) is 16.3 Å². The summed E-state index contributed by atoms with van der Waals surface area (Å²) in [6, 6.07) is 9.77. The Morgan fingerprint density at radius 3 is 2.31 bits per heavy atom. The third-order valence-electron chi connectivity index (χ3n) is 7.74. The minimum absolute atomic E-state index is 0.00185. The fraction of sp³-hybridized carbons (Fsp3) is 0.355. The van der Waals surface area contributed by atoms with E-state index in [0.29, 0.717) is 36.5 Å². The van der Waals surface area contributed by atoms with Gasteiger partial charge in [-0.3, -0.25) is 19.2 Å². The quantitative estimate of drug-likeness (QED) is 0.125. The van der Waals surface area contributed by atoms with Gasteiger partial charge in [-0.05, 0) is 61.2 Å². The summed E-state index contributed by atoms with van der Waals surface area (Å²) in [6.45, 7) is -1.93. The van der Waals surface area contributed by atoms with Gasteiger partial charge in [0.1, 0.15) is 6.04 Å². The van der Waals surface area contributed by atoms with Crippen LogP contribution in [0.3, 0.4) is 0 Å². The van der Waals surface area contributed by atoms with Crippen LogP contribution in [-0.4, -0.2) is 87.6 Å². The molecule has 7 N–H and O–H groups in total. The molecule has 51 heavy (non-hydrogen) atoms. The maximum absolute atomic E-state index is 12.9. The van der Waals surface area contributed by atoms with E-state index in [1.54, 1.807) is 12.1 Å². The lowest BCUT2D eigenvalue weighted by Crippen LogP contribution is -2.53. The highest BCUT2D eigenvalue weighted by Gasteiger charge is 2.45. The molecule has 0 spiro atoms. The molecule has 0 radical (unpaired) electrons. The number of hydrogen-bond donors (Lipinski definition) is 7. The van der Waals surface area contributed by atoms with Gasteiger partial charge in [-0.1, -0.05) is 23.7 Å². The average molecular weight is 734 g/mol. The van der Waals surface area contributed by atoms with Gasteiger partial charge in [-0.2, -0.15) is 28.1 Å². The number of aliphatic carboxylic acids is 1. The summed E-state index contributed by atoms with van der Waals surface area (Å²) in [5.41, 5.74) is 0.611. The fourth-order valence-corrected chi connectivity index (χ4v) is 5.11. The minimum Gasteiger partial charge on any atom is -0.480 e. The van der Waals surface area contributed by atoms with Gasteiger partial charge in [0.15, 0.2) is 6.61 Å². The summed E-state index contributed by atoms with van der Waals surface area (Å²) >= 11 is 6.00. The van der Waals surface area contributed by atoms with E-state index >= 15 is 0 Å². The lowest BCUT2D eigenvalue weighted by atomic mass is 10.1. The van der Waals surface area contributed by atoms with Crippen molar-refractivity contribution in [2.24, 2.45) is 0 Å². The van der Waals surface area contributed by atoms with Crippen LogP contribution in [-0.2, 0) is 24.7 Å². The van der Waals surface area contributed by atoms with E-state index in [1.807, 2.05) is 12.1 Å². The van der Waals surface area contributed by atoms with Crippen molar-refractivity contribution in [3.8, 4) is 6.01 Å². The van der Waals surface area contributed by atoms with Gasteiger partial charge in [0.2, 0.25) is 17.8 Å². The maximum Gasteiger partial charge on any atom is 0.422 e. The van der Waals surface area contributed by atoms with Crippen LogP contribution >= 0.6 is 11.6 Å². The van der Waals surface area contributed by atoms with Gasteiger partial charge in [0.05, 0.1) is 5.54 Å². The number of benzene rings is 2. The SMILES string of the molecule is O=C1CC(NC(=O)C(=O)NC[C@H](NC(=O)c2ccc(Nc3nc(NC4(c5ccc(Cl)cc5)CC4)nc(OCC(F)(F)F)n3)cc2)C(=O)O)CCN1. The lowest BCUT2D eigenvalue weighted by Gasteiger charge is -2.23. The number of ether oxygens (including phenoxy) is 1. The van der Waals surface area contributed by atoms with Gasteiger partial charge in [0.25, 0.3) is 5.91 Å². The summed E-state index contributed by atoms with van der Waals surface area (Å²) in [7, 11) is 0. The Kier molecular flexibility index (Phi) is 11.1. The Morgan fingerprint density at radius 2 is 1.69 bits per heavy atom.